The standard InChI is InChI=1S/C19H24N4O3S/c24-17(15-20-10-12-26-13-11-20)22-6-8-23(9-7-22)19(25)18-16(3-14-27-18)21-4-1-2-5-21/h1-5,14H,6-13,15H2. The maximum Gasteiger partial charge on any atom is 0.266 e. The summed E-state index contributed by atoms with van der Waals surface area (Å²) in [6, 6.07) is 5.87. The summed E-state index contributed by atoms with van der Waals surface area (Å²) < 4.78 is 7.29. The largest absolute Gasteiger partial charge is 0.379 e. The van der Waals surface area contributed by atoms with E-state index in [2.05, 4.69) is 4.90 Å². The maximum absolute atomic E-state index is 13.0. The van der Waals surface area contributed by atoms with Crippen molar-refractivity contribution in [3.63, 3.8) is 0 Å². The average molecular weight is 388 g/mol. The van der Waals surface area contributed by atoms with E-state index in [1.54, 1.807) is 0 Å². The van der Waals surface area contributed by atoms with Crippen molar-refractivity contribution in [2.75, 3.05) is 59.0 Å². The first-order valence-corrected chi connectivity index (χ1v) is 10.2. The number of morpholine rings is 1. The Kier molecular flexibility index (Phi) is 5.56. The van der Waals surface area contributed by atoms with Gasteiger partial charge in [0.15, 0.2) is 0 Å². The predicted molar refractivity (Wildman–Crippen MR) is 103 cm³/mol. The zero-order chi connectivity index (χ0) is 18.6. The second-order valence-corrected chi connectivity index (χ2v) is 7.70. The van der Waals surface area contributed by atoms with Gasteiger partial charge in [-0.15, -0.1) is 11.3 Å². The molecule has 0 aromatic carbocycles. The number of hydrogen-bond acceptors (Lipinski definition) is 5. The summed E-state index contributed by atoms with van der Waals surface area (Å²) in [5.41, 5.74) is 0.917. The van der Waals surface area contributed by atoms with Crippen molar-refractivity contribution in [2.45, 2.75) is 0 Å². The molecule has 0 spiro atoms. The molecular weight excluding hydrogens is 364 g/mol. The van der Waals surface area contributed by atoms with Gasteiger partial charge in [-0.05, 0) is 23.6 Å². The Morgan fingerprint density at radius 2 is 1.63 bits per heavy atom. The van der Waals surface area contributed by atoms with E-state index < -0.39 is 0 Å². The lowest BCUT2D eigenvalue weighted by Gasteiger charge is -2.36. The summed E-state index contributed by atoms with van der Waals surface area (Å²) in [7, 11) is 0. The van der Waals surface area contributed by atoms with E-state index in [1.165, 1.54) is 11.3 Å². The molecule has 0 radical (unpaired) electrons. The number of carbonyl (C=O) groups excluding carboxylic acids is 2. The zero-order valence-corrected chi connectivity index (χ0v) is 16.1. The van der Waals surface area contributed by atoms with Gasteiger partial charge in [-0.3, -0.25) is 14.5 Å². The Morgan fingerprint density at radius 3 is 2.33 bits per heavy atom. The fraction of sp³-hybridized carbons (Fsp3) is 0.474. The highest BCUT2D eigenvalue weighted by Crippen LogP contribution is 2.23. The number of ether oxygens (including phenoxy) is 1. The van der Waals surface area contributed by atoms with Gasteiger partial charge in [0, 0.05) is 51.7 Å². The summed E-state index contributed by atoms with van der Waals surface area (Å²) >= 11 is 1.47. The van der Waals surface area contributed by atoms with Crippen LogP contribution < -0.4 is 0 Å². The molecular formula is C19H24N4O3S. The Bertz CT molecular complexity index is 775. The van der Waals surface area contributed by atoms with Gasteiger partial charge in [-0.1, -0.05) is 0 Å². The molecule has 27 heavy (non-hydrogen) atoms. The van der Waals surface area contributed by atoms with Crippen molar-refractivity contribution in [1.29, 1.82) is 0 Å². The minimum absolute atomic E-state index is 0.0500. The quantitative estimate of drug-likeness (QED) is 0.789. The molecule has 7 nitrogen and oxygen atoms in total. The molecule has 0 aliphatic carbocycles. The molecule has 2 saturated heterocycles. The van der Waals surface area contributed by atoms with Crippen molar-refractivity contribution in [3.05, 3.63) is 40.8 Å². The van der Waals surface area contributed by atoms with Crippen LogP contribution in [0.5, 0.6) is 0 Å². The molecule has 2 amide bonds. The lowest BCUT2D eigenvalue weighted by molar-refractivity contribution is -0.134. The van der Waals surface area contributed by atoms with Gasteiger partial charge in [0.25, 0.3) is 5.91 Å². The Morgan fingerprint density at radius 1 is 0.963 bits per heavy atom. The predicted octanol–water partition coefficient (Wildman–Crippen LogP) is 1.16. The number of rotatable bonds is 4. The Labute approximate surface area is 162 Å². The monoisotopic (exact) mass is 388 g/mol. The normalized spacial score (nSPS) is 18.7. The van der Waals surface area contributed by atoms with Crippen LogP contribution in [0, 0.1) is 0 Å². The minimum Gasteiger partial charge on any atom is -0.379 e. The molecule has 8 heteroatoms. The number of piperazine rings is 1. The Balaban J connectivity index is 1.33. The van der Waals surface area contributed by atoms with Crippen molar-refractivity contribution < 1.29 is 14.3 Å². The lowest BCUT2D eigenvalue weighted by atomic mass is 10.2. The second kappa shape index (κ2) is 8.24. The van der Waals surface area contributed by atoms with Crippen molar-refractivity contribution in [1.82, 2.24) is 19.3 Å². The third-order valence-electron chi connectivity index (χ3n) is 5.10. The van der Waals surface area contributed by atoms with Gasteiger partial charge >= 0.3 is 0 Å². The SMILES string of the molecule is O=C(CN1CCOCC1)N1CCN(C(=O)c2sccc2-n2cccc2)CC1. The van der Waals surface area contributed by atoms with Crippen LogP contribution in [0.4, 0.5) is 0 Å². The molecule has 4 rings (SSSR count). The van der Waals surface area contributed by atoms with Crippen molar-refractivity contribution >= 4 is 23.2 Å². The number of amides is 2. The molecule has 2 aliphatic rings. The van der Waals surface area contributed by atoms with E-state index in [0.29, 0.717) is 45.9 Å². The molecule has 0 N–H and O–H groups in total. The average Bonchev–Trinajstić information content (AvgIpc) is 3.40. The van der Waals surface area contributed by atoms with Crippen LogP contribution in [0.1, 0.15) is 9.67 Å². The topological polar surface area (TPSA) is 58.0 Å². The molecule has 144 valence electrons. The molecule has 2 aromatic rings. The van der Waals surface area contributed by atoms with Gasteiger partial charge in [0.1, 0.15) is 4.88 Å². The first-order valence-electron chi connectivity index (χ1n) is 9.30. The number of thiophene rings is 1. The van der Waals surface area contributed by atoms with E-state index >= 15 is 0 Å². The highest BCUT2D eigenvalue weighted by atomic mass is 32.1. The zero-order valence-electron chi connectivity index (χ0n) is 15.2. The van der Waals surface area contributed by atoms with Gasteiger partial charge in [0.05, 0.1) is 25.4 Å². The van der Waals surface area contributed by atoms with Crippen molar-refractivity contribution in [2.24, 2.45) is 0 Å². The van der Waals surface area contributed by atoms with E-state index in [9.17, 15) is 9.59 Å². The van der Waals surface area contributed by atoms with Crippen LogP contribution >= 0.6 is 11.3 Å². The smallest absolute Gasteiger partial charge is 0.266 e. The molecule has 0 unspecified atom stereocenters. The van der Waals surface area contributed by atoms with Gasteiger partial charge in [0.2, 0.25) is 5.91 Å². The Hall–Kier alpha value is -2.16. The van der Waals surface area contributed by atoms with Crippen LogP contribution in [0.25, 0.3) is 5.69 Å². The third-order valence-corrected chi connectivity index (χ3v) is 6.00. The minimum atomic E-state index is 0.0500. The molecule has 0 atom stereocenters. The van der Waals surface area contributed by atoms with E-state index in [4.69, 9.17) is 4.74 Å². The fourth-order valence-corrected chi connectivity index (χ4v) is 4.37. The van der Waals surface area contributed by atoms with Gasteiger partial charge in [-0.25, -0.2) is 0 Å². The number of nitrogens with zero attached hydrogens (tertiary/aromatic N) is 4. The molecule has 2 aliphatic heterocycles. The van der Waals surface area contributed by atoms with Crippen molar-refractivity contribution in [3.8, 4) is 5.69 Å². The van der Waals surface area contributed by atoms with E-state index in [1.807, 2.05) is 50.3 Å². The van der Waals surface area contributed by atoms with Gasteiger partial charge < -0.3 is 19.1 Å². The first-order chi connectivity index (χ1) is 13.2. The highest BCUT2D eigenvalue weighted by Gasteiger charge is 2.28. The van der Waals surface area contributed by atoms with Gasteiger partial charge in [-0.2, -0.15) is 0 Å². The number of hydrogen-bond donors (Lipinski definition) is 0. The molecule has 0 bridgehead atoms. The number of aromatic nitrogens is 1. The van der Waals surface area contributed by atoms with E-state index in [0.717, 1.165) is 23.7 Å². The number of carbonyl (C=O) groups is 2. The third kappa shape index (κ3) is 4.07. The molecule has 2 aromatic heterocycles. The summed E-state index contributed by atoms with van der Waals surface area (Å²) in [5, 5.41) is 1.95. The highest BCUT2D eigenvalue weighted by molar-refractivity contribution is 7.12. The van der Waals surface area contributed by atoms with Crippen LogP contribution in [0.3, 0.4) is 0 Å². The molecule has 0 saturated carbocycles. The lowest BCUT2D eigenvalue weighted by Crippen LogP contribution is -2.53. The molecule has 4 heterocycles. The first kappa shape index (κ1) is 18.2. The summed E-state index contributed by atoms with van der Waals surface area (Å²) in [5.74, 6) is 0.196. The fourth-order valence-electron chi connectivity index (χ4n) is 3.51. The summed E-state index contributed by atoms with van der Waals surface area (Å²) in [4.78, 5) is 32.1. The maximum atomic E-state index is 13.0. The van der Waals surface area contributed by atoms with Crippen LogP contribution in [0.15, 0.2) is 36.0 Å². The second-order valence-electron chi connectivity index (χ2n) is 6.79. The molecule has 2 fully saturated rings. The van der Waals surface area contributed by atoms with Crippen LogP contribution in [0.2, 0.25) is 0 Å². The van der Waals surface area contributed by atoms with Crippen LogP contribution in [-0.4, -0.2) is 90.1 Å². The summed E-state index contributed by atoms with van der Waals surface area (Å²) in [6.45, 7) is 5.81. The van der Waals surface area contributed by atoms with E-state index in [-0.39, 0.29) is 11.8 Å². The summed E-state index contributed by atoms with van der Waals surface area (Å²) in [6.07, 6.45) is 3.89. The van der Waals surface area contributed by atoms with Crippen LogP contribution in [-0.2, 0) is 9.53 Å².